The summed E-state index contributed by atoms with van der Waals surface area (Å²) in [7, 11) is 5.09. The molecule has 0 aliphatic carbocycles. The molecule has 12 nitrogen and oxygen atoms in total. The molecule has 0 bridgehead atoms. The van der Waals surface area contributed by atoms with Gasteiger partial charge in [-0.3, -0.25) is 9.59 Å². The van der Waals surface area contributed by atoms with Gasteiger partial charge in [0.15, 0.2) is 30.0 Å². The van der Waals surface area contributed by atoms with Crippen LogP contribution in [0.5, 0.6) is 0 Å². The quantitative estimate of drug-likeness (QED) is 0.0712. The number of amides is 3. The number of carbonyl (C=O) groups is 4. The van der Waals surface area contributed by atoms with Crippen molar-refractivity contribution in [2.45, 2.75) is 35.1 Å². The zero-order valence-corrected chi connectivity index (χ0v) is 26.0. The van der Waals surface area contributed by atoms with Gasteiger partial charge in [-0.2, -0.15) is 0 Å². The van der Waals surface area contributed by atoms with Gasteiger partial charge >= 0.3 is 12.1 Å². The summed E-state index contributed by atoms with van der Waals surface area (Å²) in [6.45, 7) is 4.68. The molecule has 3 unspecified atom stereocenters. The lowest BCUT2D eigenvalue weighted by atomic mass is 9.97. The minimum absolute atomic E-state index is 0.277. The fourth-order valence-electron chi connectivity index (χ4n) is 4.30. The number of nitrogens with zero attached hydrogens (tertiary/aromatic N) is 3. The van der Waals surface area contributed by atoms with Gasteiger partial charge in [0.25, 0.3) is 5.91 Å². The number of fused-ring (bicyclic) bond motifs is 1. The Balaban J connectivity index is 1.69. The van der Waals surface area contributed by atoms with E-state index in [0.717, 1.165) is 15.1 Å². The number of likely N-dealkylation sites (tertiary alicyclic amines) is 1. The number of thiazole rings is 1. The first kappa shape index (κ1) is 32.3. The van der Waals surface area contributed by atoms with Crippen molar-refractivity contribution in [1.82, 2.24) is 14.8 Å². The van der Waals surface area contributed by atoms with Crippen molar-refractivity contribution in [2.75, 3.05) is 33.5 Å². The van der Waals surface area contributed by atoms with E-state index in [1.54, 1.807) is 31.2 Å². The molecule has 1 aliphatic rings. The molecule has 15 heteroatoms. The molecule has 3 amide bonds. The number of aromatic nitrogens is 1. The van der Waals surface area contributed by atoms with E-state index < -0.39 is 48.1 Å². The van der Waals surface area contributed by atoms with Crippen LogP contribution in [0.15, 0.2) is 65.0 Å². The molecule has 1 fully saturated rings. The van der Waals surface area contributed by atoms with Crippen LogP contribution in [0.3, 0.4) is 0 Å². The Bertz CT molecular complexity index is 1480. The fraction of sp³-hybridized carbons (Fsp3) is 0.321. The van der Waals surface area contributed by atoms with E-state index in [1.165, 1.54) is 52.0 Å². The van der Waals surface area contributed by atoms with Crippen molar-refractivity contribution in [3.05, 3.63) is 66.2 Å². The maximum absolute atomic E-state index is 13.8. The molecule has 2 aromatic carbocycles. The van der Waals surface area contributed by atoms with Crippen molar-refractivity contribution in [3.63, 3.8) is 0 Å². The van der Waals surface area contributed by atoms with E-state index in [2.05, 4.69) is 11.6 Å². The number of rotatable bonds is 13. The Morgan fingerprint density at radius 2 is 1.77 bits per heavy atom. The Labute approximate surface area is 259 Å². The molecule has 2 N–H and O–H groups in total. The molecule has 0 radical (unpaired) electrons. The second-order valence-electron chi connectivity index (χ2n) is 9.28. The predicted octanol–water partition coefficient (Wildman–Crippen LogP) is 4.06. The third kappa shape index (κ3) is 7.30. The van der Waals surface area contributed by atoms with Gasteiger partial charge < -0.3 is 29.6 Å². The lowest BCUT2D eigenvalue weighted by Crippen LogP contribution is -2.74. The summed E-state index contributed by atoms with van der Waals surface area (Å²) < 4.78 is 21.7. The number of methoxy groups -OCH3 is 2. The van der Waals surface area contributed by atoms with E-state index in [4.69, 9.17) is 24.7 Å². The first-order valence-electron chi connectivity index (χ1n) is 12.8. The Morgan fingerprint density at radius 3 is 2.44 bits per heavy atom. The molecule has 3 aromatic rings. The number of nitrogens with two attached hydrogens (primary N) is 1. The highest BCUT2D eigenvalue weighted by Crippen LogP contribution is 2.47. The molecule has 1 aromatic heterocycles. The van der Waals surface area contributed by atoms with Crippen LogP contribution in [0.1, 0.15) is 12.5 Å². The molecule has 0 saturated carbocycles. The number of benzene rings is 2. The maximum Gasteiger partial charge on any atom is 0.419 e. The third-order valence-electron chi connectivity index (χ3n) is 6.27. The lowest BCUT2D eigenvalue weighted by Gasteiger charge is -2.51. The summed E-state index contributed by atoms with van der Waals surface area (Å²) in [5, 5.41) is -0.909. The maximum atomic E-state index is 13.8. The second-order valence-corrected chi connectivity index (χ2v) is 12.9. The number of imide groups is 1. The predicted molar refractivity (Wildman–Crippen MR) is 164 cm³/mol. The molecule has 2 heterocycles. The van der Waals surface area contributed by atoms with Gasteiger partial charge in [0, 0.05) is 19.9 Å². The summed E-state index contributed by atoms with van der Waals surface area (Å²) >= 11 is 1.44. The van der Waals surface area contributed by atoms with Gasteiger partial charge in [-0.25, -0.2) is 19.5 Å². The number of β-lactam (4-membered cyclic amide) rings is 1. The van der Waals surface area contributed by atoms with Crippen molar-refractivity contribution in [1.29, 1.82) is 0 Å². The highest BCUT2D eigenvalue weighted by molar-refractivity contribution is 8.77. The van der Waals surface area contributed by atoms with Gasteiger partial charge in [-0.05, 0) is 47.1 Å². The highest BCUT2D eigenvalue weighted by Gasteiger charge is 2.58. The number of nitrogen functional groups attached to an aromatic ring is 1. The summed E-state index contributed by atoms with van der Waals surface area (Å²) in [6.07, 6.45) is -1.36. The zero-order valence-electron chi connectivity index (χ0n) is 23.6. The largest absolute Gasteiger partial charge is 0.437 e. The van der Waals surface area contributed by atoms with Gasteiger partial charge in [-0.1, -0.05) is 47.7 Å². The Morgan fingerprint density at radius 1 is 1.09 bits per heavy atom. The van der Waals surface area contributed by atoms with Crippen molar-refractivity contribution in [2.24, 2.45) is 0 Å². The number of para-hydroxylation sites is 2. The van der Waals surface area contributed by atoms with Gasteiger partial charge in [0.05, 0.1) is 16.6 Å². The number of carbonyl (C=O) groups excluding carboxylic acids is 4. The fourth-order valence-corrected chi connectivity index (χ4v) is 8.29. The Kier molecular flexibility index (Phi) is 11.0. The normalized spacial score (nSPS) is 16.8. The van der Waals surface area contributed by atoms with E-state index in [1.807, 2.05) is 24.3 Å². The van der Waals surface area contributed by atoms with Crippen LogP contribution in [-0.4, -0.2) is 83.9 Å². The van der Waals surface area contributed by atoms with Crippen molar-refractivity contribution in [3.8, 4) is 0 Å². The lowest BCUT2D eigenvalue weighted by molar-refractivity contribution is -0.173. The molecule has 1 aliphatic heterocycles. The van der Waals surface area contributed by atoms with Gasteiger partial charge in [0.1, 0.15) is 5.37 Å². The number of hydrogen-bond acceptors (Lipinski definition) is 13. The van der Waals surface area contributed by atoms with Crippen LogP contribution < -0.4 is 5.73 Å². The standard InChI is InChI=1S/C28H30N4O8S3/c1-16(2)22(26(35)39-14-37-3)32-24(34)23(25(32)42-43-27-30-19-11-7-8-12-20(19)41-27)31(28(36)40-15-38-4)21(33)13-17-9-5-6-10-18(17)29/h5-12,22-23,25H,1,13-15,29H2,2-4H3. The smallest absolute Gasteiger partial charge is 0.419 e. The van der Waals surface area contributed by atoms with Crippen LogP contribution >= 0.6 is 32.9 Å². The van der Waals surface area contributed by atoms with Crippen LogP contribution in [-0.2, 0) is 39.8 Å². The zero-order chi connectivity index (χ0) is 31.1. The minimum Gasteiger partial charge on any atom is -0.437 e. The SMILES string of the molecule is C=C(C)C(C(=O)OCOC)N1C(=O)C(N(C(=O)Cc2ccccc2N)C(=O)OCOC)C1SSc1nc2ccccc2s1. The Hall–Kier alpha value is -3.63. The first-order valence-corrected chi connectivity index (χ1v) is 15.8. The summed E-state index contributed by atoms with van der Waals surface area (Å²) in [6, 6.07) is 11.8. The third-order valence-corrected chi connectivity index (χ3v) is 10.3. The summed E-state index contributed by atoms with van der Waals surface area (Å²) in [4.78, 5) is 60.5. The van der Waals surface area contributed by atoms with Crippen LogP contribution in [0.4, 0.5) is 10.5 Å². The number of esters is 1. The molecule has 4 rings (SSSR count). The molecule has 43 heavy (non-hydrogen) atoms. The van der Waals surface area contributed by atoms with E-state index in [9.17, 15) is 19.2 Å². The number of hydrogen-bond donors (Lipinski definition) is 1. The van der Waals surface area contributed by atoms with Crippen LogP contribution in [0.2, 0.25) is 0 Å². The highest BCUT2D eigenvalue weighted by atomic mass is 33.1. The topological polar surface area (TPSA) is 151 Å². The van der Waals surface area contributed by atoms with Crippen LogP contribution in [0.25, 0.3) is 10.2 Å². The van der Waals surface area contributed by atoms with E-state index >= 15 is 0 Å². The minimum atomic E-state index is -1.33. The van der Waals surface area contributed by atoms with Gasteiger partial charge in [0.2, 0.25) is 5.91 Å². The number of anilines is 1. The van der Waals surface area contributed by atoms with E-state index in [-0.39, 0.29) is 13.2 Å². The summed E-state index contributed by atoms with van der Waals surface area (Å²) in [5.74, 6) is -2.16. The molecular weight excluding hydrogens is 617 g/mol. The van der Waals surface area contributed by atoms with Crippen molar-refractivity contribution >= 4 is 72.7 Å². The first-order chi connectivity index (χ1) is 20.7. The monoisotopic (exact) mass is 646 g/mol. The summed E-state index contributed by atoms with van der Waals surface area (Å²) in [5.41, 5.74) is 7.99. The molecule has 1 saturated heterocycles. The second kappa shape index (κ2) is 14.7. The van der Waals surface area contributed by atoms with Crippen LogP contribution in [0, 0.1) is 0 Å². The molecule has 228 valence electrons. The molecule has 0 spiro atoms. The number of ether oxygens (including phenoxy) is 4. The van der Waals surface area contributed by atoms with Crippen molar-refractivity contribution < 1.29 is 38.1 Å². The molecular formula is C28H30N4O8S3. The average molecular weight is 647 g/mol. The average Bonchev–Trinajstić information content (AvgIpc) is 3.41. The molecule has 3 atom stereocenters. The van der Waals surface area contributed by atoms with Gasteiger partial charge in [-0.15, -0.1) is 11.3 Å². The van der Waals surface area contributed by atoms with E-state index in [0.29, 0.717) is 21.2 Å².